The number of thiophene rings is 1. The molecular weight excluding hydrogens is 282 g/mol. The minimum absolute atomic E-state index is 0.136. The van der Waals surface area contributed by atoms with Gasteiger partial charge in [0.2, 0.25) is 0 Å². The van der Waals surface area contributed by atoms with Gasteiger partial charge in [-0.2, -0.15) is 0 Å². The third-order valence-electron chi connectivity index (χ3n) is 3.68. The van der Waals surface area contributed by atoms with Crippen molar-refractivity contribution in [2.75, 3.05) is 6.61 Å². The fourth-order valence-electron chi connectivity index (χ4n) is 2.30. The average Bonchev–Trinajstić information content (AvgIpc) is 2.89. The van der Waals surface area contributed by atoms with E-state index in [1.54, 1.807) is 0 Å². The van der Waals surface area contributed by atoms with Gasteiger partial charge in [-0.3, -0.25) is 4.79 Å². The number of aryl methyl sites for hydroxylation is 2. The van der Waals surface area contributed by atoms with E-state index in [0.717, 1.165) is 17.5 Å². The van der Waals surface area contributed by atoms with Crippen LogP contribution in [0.25, 0.3) is 0 Å². The van der Waals surface area contributed by atoms with Crippen LogP contribution < -0.4 is 5.32 Å². The zero-order valence-corrected chi connectivity index (χ0v) is 13.5. The summed E-state index contributed by atoms with van der Waals surface area (Å²) in [4.78, 5) is 14.4. The Hall–Kier alpha value is -1.65. The smallest absolute Gasteiger partial charge is 0.262 e. The van der Waals surface area contributed by atoms with Gasteiger partial charge in [0.05, 0.1) is 17.0 Å². The maximum absolute atomic E-state index is 12.5. The van der Waals surface area contributed by atoms with Crippen LogP contribution in [-0.2, 0) is 12.0 Å². The molecule has 0 bridgehead atoms. The fraction of sp³-hybridized carbons (Fsp3) is 0.353. The lowest BCUT2D eigenvalue weighted by atomic mass is 9.93. The second-order valence-corrected chi connectivity index (χ2v) is 6.52. The summed E-state index contributed by atoms with van der Waals surface area (Å²) in [6.07, 6.45) is 0.930. The monoisotopic (exact) mass is 303 g/mol. The Morgan fingerprint density at radius 2 is 2.00 bits per heavy atom. The number of amides is 1. The third-order valence-corrected chi connectivity index (χ3v) is 5.06. The first-order chi connectivity index (χ1) is 10.00. The molecule has 0 spiro atoms. The van der Waals surface area contributed by atoms with Crippen LogP contribution in [0.15, 0.2) is 36.4 Å². The molecule has 0 fully saturated rings. The lowest BCUT2D eigenvalue weighted by Gasteiger charge is -2.29. The molecule has 112 valence electrons. The molecule has 4 heteroatoms. The summed E-state index contributed by atoms with van der Waals surface area (Å²) in [6, 6.07) is 11.5. The molecule has 1 amide bonds. The van der Waals surface area contributed by atoms with Gasteiger partial charge in [0, 0.05) is 4.88 Å². The molecule has 1 unspecified atom stereocenters. The predicted molar refractivity (Wildman–Crippen MR) is 86.8 cm³/mol. The van der Waals surface area contributed by atoms with Crippen LogP contribution in [0.5, 0.6) is 0 Å². The van der Waals surface area contributed by atoms with E-state index in [1.165, 1.54) is 16.2 Å². The van der Waals surface area contributed by atoms with Gasteiger partial charge >= 0.3 is 0 Å². The molecule has 2 N–H and O–H groups in total. The summed E-state index contributed by atoms with van der Waals surface area (Å²) in [5, 5.41) is 12.7. The number of carbonyl (C=O) groups is 1. The molecule has 2 rings (SSSR count). The van der Waals surface area contributed by atoms with Crippen LogP contribution in [0.3, 0.4) is 0 Å². The topological polar surface area (TPSA) is 49.3 Å². The van der Waals surface area contributed by atoms with Crippen LogP contribution in [0.4, 0.5) is 0 Å². The van der Waals surface area contributed by atoms with Crippen LogP contribution in [0, 0.1) is 6.92 Å². The number of hydrogen-bond donors (Lipinski definition) is 2. The van der Waals surface area contributed by atoms with Crippen molar-refractivity contribution in [1.82, 2.24) is 5.32 Å². The molecule has 0 radical (unpaired) electrons. The predicted octanol–water partition coefficient (Wildman–Crippen LogP) is 3.26. The molecule has 3 nitrogen and oxygen atoms in total. The van der Waals surface area contributed by atoms with E-state index >= 15 is 0 Å². The van der Waals surface area contributed by atoms with E-state index < -0.39 is 5.54 Å². The number of aliphatic hydroxyl groups is 1. The van der Waals surface area contributed by atoms with Gasteiger partial charge in [0.15, 0.2) is 0 Å². The number of nitrogens with one attached hydrogen (secondary N) is 1. The van der Waals surface area contributed by atoms with Gasteiger partial charge < -0.3 is 10.4 Å². The first-order valence-corrected chi connectivity index (χ1v) is 7.90. The van der Waals surface area contributed by atoms with Crippen LogP contribution in [0.2, 0.25) is 0 Å². The molecule has 1 aromatic heterocycles. The van der Waals surface area contributed by atoms with E-state index in [1.807, 2.05) is 50.2 Å². The first-order valence-electron chi connectivity index (χ1n) is 7.08. The number of benzene rings is 1. The van der Waals surface area contributed by atoms with Crippen molar-refractivity contribution in [3.63, 3.8) is 0 Å². The first kappa shape index (κ1) is 15.7. The largest absolute Gasteiger partial charge is 0.394 e. The Bertz CT molecular complexity index is 621. The molecular formula is C17H21NO2S. The van der Waals surface area contributed by atoms with Crippen LogP contribution in [0.1, 0.15) is 39.5 Å². The van der Waals surface area contributed by atoms with Crippen molar-refractivity contribution in [2.24, 2.45) is 0 Å². The summed E-state index contributed by atoms with van der Waals surface area (Å²) in [5.74, 6) is -0.136. The normalized spacial score (nSPS) is 13.7. The highest BCUT2D eigenvalue weighted by Crippen LogP contribution is 2.25. The zero-order chi connectivity index (χ0) is 15.5. The minimum Gasteiger partial charge on any atom is -0.394 e. The Morgan fingerprint density at radius 1 is 1.33 bits per heavy atom. The summed E-state index contributed by atoms with van der Waals surface area (Å²) >= 11 is 1.52. The number of rotatable bonds is 5. The highest BCUT2D eigenvalue weighted by molar-refractivity contribution is 7.14. The number of carbonyl (C=O) groups excluding carboxylic acids is 1. The lowest BCUT2D eigenvalue weighted by molar-refractivity contribution is 0.0853. The van der Waals surface area contributed by atoms with Gasteiger partial charge in [-0.05, 0) is 37.5 Å². The molecule has 1 atom stereocenters. The summed E-state index contributed by atoms with van der Waals surface area (Å²) in [7, 11) is 0. The molecule has 0 saturated carbocycles. The van der Waals surface area contributed by atoms with Crippen LogP contribution in [-0.4, -0.2) is 17.6 Å². The fourth-order valence-corrected chi connectivity index (χ4v) is 3.31. The van der Waals surface area contributed by atoms with Crippen LogP contribution >= 0.6 is 11.3 Å². The van der Waals surface area contributed by atoms with Crippen molar-refractivity contribution in [3.05, 3.63) is 57.3 Å². The summed E-state index contributed by atoms with van der Waals surface area (Å²) in [5.41, 5.74) is 1.27. The molecule has 0 aliphatic carbocycles. The lowest BCUT2D eigenvalue weighted by Crippen LogP contribution is -2.46. The van der Waals surface area contributed by atoms with Crippen molar-refractivity contribution < 1.29 is 9.90 Å². The van der Waals surface area contributed by atoms with Crippen molar-refractivity contribution in [2.45, 2.75) is 32.7 Å². The Labute approximate surface area is 129 Å². The SMILES string of the molecule is CCc1sc(C(=O)NC(C)(CO)c2ccccc2)cc1C. The Balaban J connectivity index is 2.23. The second kappa shape index (κ2) is 6.41. The Morgan fingerprint density at radius 3 is 2.52 bits per heavy atom. The highest BCUT2D eigenvalue weighted by Gasteiger charge is 2.28. The maximum atomic E-state index is 12.5. The van der Waals surface area contributed by atoms with E-state index in [9.17, 15) is 9.90 Å². The second-order valence-electron chi connectivity index (χ2n) is 5.38. The average molecular weight is 303 g/mol. The molecule has 1 heterocycles. The molecule has 2 aromatic rings. The van der Waals surface area contributed by atoms with E-state index in [-0.39, 0.29) is 12.5 Å². The molecule has 21 heavy (non-hydrogen) atoms. The standard InChI is InChI=1S/C17H21NO2S/c1-4-14-12(2)10-15(21-14)16(20)18-17(3,11-19)13-8-6-5-7-9-13/h5-10,19H,4,11H2,1-3H3,(H,18,20). The van der Waals surface area contributed by atoms with E-state index in [2.05, 4.69) is 12.2 Å². The summed E-state index contributed by atoms with van der Waals surface area (Å²) in [6.45, 7) is 5.80. The molecule has 1 aromatic carbocycles. The van der Waals surface area contributed by atoms with E-state index in [0.29, 0.717) is 4.88 Å². The minimum atomic E-state index is -0.775. The van der Waals surface area contributed by atoms with Gasteiger partial charge in [0.25, 0.3) is 5.91 Å². The highest BCUT2D eigenvalue weighted by atomic mass is 32.1. The molecule has 0 aliphatic heterocycles. The van der Waals surface area contributed by atoms with Gasteiger partial charge in [-0.25, -0.2) is 0 Å². The van der Waals surface area contributed by atoms with Crippen molar-refractivity contribution >= 4 is 17.2 Å². The van der Waals surface area contributed by atoms with Gasteiger partial charge in [-0.15, -0.1) is 11.3 Å². The van der Waals surface area contributed by atoms with Gasteiger partial charge in [-0.1, -0.05) is 37.3 Å². The van der Waals surface area contributed by atoms with Crippen molar-refractivity contribution in [1.29, 1.82) is 0 Å². The number of aliphatic hydroxyl groups excluding tert-OH is 1. The van der Waals surface area contributed by atoms with Gasteiger partial charge in [0.1, 0.15) is 0 Å². The van der Waals surface area contributed by atoms with Crippen molar-refractivity contribution in [3.8, 4) is 0 Å². The quantitative estimate of drug-likeness (QED) is 0.891. The molecule has 0 saturated heterocycles. The Kier molecular flexibility index (Phi) is 4.80. The maximum Gasteiger partial charge on any atom is 0.262 e. The summed E-state index contributed by atoms with van der Waals surface area (Å²) < 4.78 is 0. The van der Waals surface area contributed by atoms with E-state index in [4.69, 9.17) is 0 Å². The third kappa shape index (κ3) is 3.34. The zero-order valence-electron chi connectivity index (χ0n) is 12.6. The number of hydrogen-bond acceptors (Lipinski definition) is 3. The molecule has 0 aliphatic rings.